The number of benzene rings is 1. The highest BCUT2D eigenvalue weighted by Crippen LogP contribution is 2.25. The normalized spacial score (nSPS) is 10.9. The van der Waals surface area contributed by atoms with Gasteiger partial charge in [-0.2, -0.15) is 0 Å². The molecule has 0 saturated carbocycles. The smallest absolute Gasteiger partial charge is 0.0342 e. The SMILES string of the molecule is CC(C)NCc1cccc(-c2cccs2)c1. The Hall–Kier alpha value is -1.12. The second kappa shape index (κ2) is 5.28. The van der Waals surface area contributed by atoms with Gasteiger partial charge in [-0.1, -0.05) is 38.1 Å². The van der Waals surface area contributed by atoms with E-state index < -0.39 is 0 Å². The van der Waals surface area contributed by atoms with E-state index >= 15 is 0 Å². The molecule has 0 aliphatic rings. The van der Waals surface area contributed by atoms with E-state index in [0.717, 1.165) is 6.54 Å². The van der Waals surface area contributed by atoms with E-state index in [1.807, 2.05) is 0 Å². The summed E-state index contributed by atoms with van der Waals surface area (Å²) < 4.78 is 0. The first kappa shape index (κ1) is 11.4. The summed E-state index contributed by atoms with van der Waals surface area (Å²) in [5, 5.41) is 5.56. The van der Waals surface area contributed by atoms with Gasteiger partial charge in [-0.05, 0) is 28.6 Å². The van der Waals surface area contributed by atoms with E-state index in [2.05, 4.69) is 60.9 Å². The standard InChI is InChI=1S/C14H17NS/c1-11(2)15-10-12-5-3-6-13(9-12)14-7-4-8-16-14/h3-9,11,15H,10H2,1-2H3. The molecule has 84 valence electrons. The highest BCUT2D eigenvalue weighted by Gasteiger charge is 2.00. The molecule has 1 nitrogen and oxygen atoms in total. The molecule has 0 radical (unpaired) electrons. The molecule has 1 heterocycles. The predicted octanol–water partition coefficient (Wildman–Crippen LogP) is 3.91. The Morgan fingerprint density at radius 2 is 2.06 bits per heavy atom. The number of thiophene rings is 1. The Balaban J connectivity index is 2.14. The van der Waals surface area contributed by atoms with Gasteiger partial charge in [-0.25, -0.2) is 0 Å². The van der Waals surface area contributed by atoms with Crippen molar-refractivity contribution in [2.75, 3.05) is 0 Å². The van der Waals surface area contributed by atoms with E-state index in [4.69, 9.17) is 0 Å². The van der Waals surface area contributed by atoms with Gasteiger partial charge in [-0.15, -0.1) is 11.3 Å². The van der Waals surface area contributed by atoms with Crippen molar-refractivity contribution < 1.29 is 0 Å². The summed E-state index contributed by atoms with van der Waals surface area (Å²) in [6.45, 7) is 5.28. The minimum absolute atomic E-state index is 0.533. The summed E-state index contributed by atoms with van der Waals surface area (Å²) >= 11 is 1.79. The van der Waals surface area contributed by atoms with Crippen molar-refractivity contribution in [2.24, 2.45) is 0 Å². The summed E-state index contributed by atoms with van der Waals surface area (Å²) in [4.78, 5) is 1.34. The fraction of sp³-hybridized carbons (Fsp3) is 0.286. The summed E-state index contributed by atoms with van der Waals surface area (Å²) in [6.07, 6.45) is 0. The van der Waals surface area contributed by atoms with Gasteiger partial charge in [0.25, 0.3) is 0 Å². The van der Waals surface area contributed by atoms with E-state index in [-0.39, 0.29) is 0 Å². The van der Waals surface area contributed by atoms with Crippen LogP contribution in [0.3, 0.4) is 0 Å². The van der Waals surface area contributed by atoms with Crippen molar-refractivity contribution in [3.05, 3.63) is 47.3 Å². The first-order valence-corrected chi connectivity index (χ1v) is 6.50. The van der Waals surface area contributed by atoms with Crippen molar-refractivity contribution in [3.8, 4) is 10.4 Å². The molecular formula is C14H17NS. The van der Waals surface area contributed by atoms with Crippen LogP contribution < -0.4 is 5.32 Å². The Morgan fingerprint density at radius 1 is 1.19 bits per heavy atom. The molecule has 16 heavy (non-hydrogen) atoms. The predicted molar refractivity (Wildman–Crippen MR) is 71.7 cm³/mol. The van der Waals surface area contributed by atoms with Crippen LogP contribution in [-0.2, 0) is 6.54 Å². The lowest BCUT2D eigenvalue weighted by Crippen LogP contribution is -2.21. The minimum atomic E-state index is 0.533. The van der Waals surface area contributed by atoms with Crippen LogP contribution >= 0.6 is 11.3 Å². The maximum atomic E-state index is 3.44. The molecule has 0 aliphatic heterocycles. The molecule has 2 rings (SSSR count). The third kappa shape index (κ3) is 2.94. The Bertz CT molecular complexity index is 432. The van der Waals surface area contributed by atoms with Crippen molar-refractivity contribution >= 4 is 11.3 Å². The second-order valence-corrected chi connectivity index (χ2v) is 5.16. The van der Waals surface area contributed by atoms with Crippen molar-refractivity contribution in [1.29, 1.82) is 0 Å². The van der Waals surface area contributed by atoms with Crippen LogP contribution in [0.5, 0.6) is 0 Å². The van der Waals surface area contributed by atoms with Gasteiger partial charge in [-0.3, -0.25) is 0 Å². The van der Waals surface area contributed by atoms with Gasteiger partial charge in [0.05, 0.1) is 0 Å². The quantitative estimate of drug-likeness (QED) is 0.841. The summed E-state index contributed by atoms with van der Waals surface area (Å²) in [7, 11) is 0. The monoisotopic (exact) mass is 231 g/mol. The van der Waals surface area contributed by atoms with Gasteiger partial charge < -0.3 is 5.32 Å². The maximum absolute atomic E-state index is 3.44. The zero-order chi connectivity index (χ0) is 11.4. The third-order valence-electron chi connectivity index (χ3n) is 2.45. The molecule has 1 aromatic carbocycles. The van der Waals surface area contributed by atoms with Crippen molar-refractivity contribution in [1.82, 2.24) is 5.32 Å². The molecule has 0 spiro atoms. The van der Waals surface area contributed by atoms with Gasteiger partial charge >= 0.3 is 0 Å². The highest BCUT2D eigenvalue weighted by atomic mass is 32.1. The molecule has 0 fully saturated rings. The van der Waals surface area contributed by atoms with Crippen LogP contribution in [0.1, 0.15) is 19.4 Å². The van der Waals surface area contributed by atoms with Gasteiger partial charge in [0.2, 0.25) is 0 Å². The fourth-order valence-electron chi connectivity index (χ4n) is 1.60. The summed E-state index contributed by atoms with van der Waals surface area (Å²) in [5.41, 5.74) is 2.66. The van der Waals surface area contributed by atoms with Crippen LogP contribution in [0.15, 0.2) is 41.8 Å². The average Bonchev–Trinajstić information content (AvgIpc) is 2.80. The largest absolute Gasteiger partial charge is 0.310 e. The molecule has 0 amide bonds. The lowest BCUT2D eigenvalue weighted by molar-refractivity contribution is 0.589. The molecule has 0 atom stereocenters. The van der Waals surface area contributed by atoms with Crippen LogP contribution in [-0.4, -0.2) is 6.04 Å². The minimum Gasteiger partial charge on any atom is -0.310 e. The summed E-state index contributed by atoms with van der Waals surface area (Å²) in [6, 6.07) is 13.5. The lowest BCUT2D eigenvalue weighted by Gasteiger charge is -2.08. The van der Waals surface area contributed by atoms with Gasteiger partial charge in [0.15, 0.2) is 0 Å². The molecule has 0 bridgehead atoms. The number of nitrogens with one attached hydrogen (secondary N) is 1. The Morgan fingerprint density at radius 3 is 2.75 bits per heavy atom. The Kier molecular flexibility index (Phi) is 3.75. The molecule has 2 heteroatoms. The maximum Gasteiger partial charge on any atom is 0.0342 e. The first-order valence-electron chi connectivity index (χ1n) is 5.62. The number of hydrogen-bond donors (Lipinski definition) is 1. The van der Waals surface area contributed by atoms with Crippen molar-refractivity contribution in [2.45, 2.75) is 26.4 Å². The average molecular weight is 231 g/mol. The number of rotatable bonds is 4. The molecular weight excluding hydrogens is 214 g/mol. The molecule has 1 aromatic heterocycles. The topological polar surface area (TPSA) is 12.0 Å². The third-order valence-corrected chi connectivity index (χ3v) is 3.37. The van der Waals surface area contributed by atoms with Crippen LogP contribution in [0.4, 0.5) is 0 Å². The zero-order valence-corrected chi connectivity index (χ0v) is 10.6. The lowest BCUT2D eigenvalue weighted by atomic mass is 10.1. The van der Waals surface area contributed by atoms with E-state index in [0.29, 0.717) is 6.04 Å². The van der Waals surface area contributed by atoms with Crippen LogP contribution in [0.25, 0.3) is 10.4 Å². The van der Waals surface area contributed by atoms with E-state index in [9.17, 15) is 0 Å². The molecule has 0 aliphatic carbocycles. The van der Waals surface area contributed by atoms with E-state index in [1.165, 1.54) is 16.0 Å². The number of hydrogen-bond acceptors (Lipinski definition) is 2. The second-order valence-electron chi connectivity index (χ2n) is 4.21. The molecule has 0 saturated heterocycles. The summed E-state index contributed by atoms with van der Waals surface area (Å²) in [5.74, 6) is 0. The highest BCUT2D eigenvalue weighted by molar-refractivity contribution is 7.13. The zero-order valence-electron chi connectivity index (χ0n) is 9.73. The van der Waals surface area contributed by atoms with Crippen LogP contribution in [0.2, 0.25) is 0 Å². The first-order chi connectivity index (χ1) is 7.75. The fourth-order valence-corrected chi connectivity index (χ4v) is 2.32. The molecule has 1 N–H and O–H groups in total. The molecule has 0 unspecified atom stereocenters. The van der Waals surface area contributed by atoms with Crippen molar-refractivity contribution in [3.63, 3.8) is 0 Å². The van der Waals surface area contributed by atoms with Gasteiger partial charge in [0, 0.05) is 17.5 Å². The van der Waals surface area contributed by atoms with E-state index in [1.54, 1.807) is 11.3 Å². The Labute approximate surface area is 101 Å². The molecule has 2 aromatic rings. The van der Waals surface area contributed by atoms with Gasteiger partial charge in [0.1, 0.15) is 0 Å². The van der Waals surface area contributed by atoms with Crippen LogP contribution in [0, 0.1) is 0 Å².